The number of nitrogens with one attached hydrogen (secondary N) is 1. The zero-order valence-electron chi connectivity index (χ0n) is 10.7. The molecular weight excluding hydrogens is 286 g/mol. The van der Waals surface area contributed by atoms with Crippen molar-refractivity contribution in [2.75, 3.05) is 0 Å². The highest BCUT2D eigenvalue weighted by molar-refractivity contribution is 7.18. The summed E-state index contributed by atoms with van der Waals surface area (Å²) in [5.74, 6) is 0.824. The van der Waals surface area contributed by atoms with E-state index < -0.39 is 0 Å². The van der Waals surface area contributed by atoms with Gasteiger partial charge in [0.2, 0.25) is 5.82 Å². The average Bonchev–Trinajstić information content (AvgIpc) is 3.17. The number of pyridine rings is 1. The Morgan fingerprint density at radius 1 is 1.00 bits per heavy atom. The molecule has 3 heterocycles. The summed E-state index contributed by atoms with van der Waals surface area (Å²) < 4.78 is 0. The van der Waals surface area contributed by atoms with E-state index in [1.165, 1.54) is 0 Å². The maximum absolute atomic E-state index is 9.48. The minimum absolute atomic E-state index is 0.243. The Balaban J connectivity index is 1.78. The van der Waals surface area contributed by atoms with E-state index in [2.05, 4.69) is 25.6 Å². The molecule has 102 valence electrons. The fourth-order valence-corrected chi connectivity index (χ4v) is 3.02. The molecular formula is C14H9N5OS. The van der Waals surface area contributed by atoms with Crippen LogP contribution in [0.3, 0.4) is 0 Å². The molecule has 7 heteroatoms. The van der Waals surface area contributed by atoms with E-state index in [0.29, 0.717) is 5.82 Å². The van der Waals surface area contributed by atoms with Crippen LogP contribution in [0.1, 0.15) is 0 Å². The lowest BCUT2D eigenvalue weighted by molar-refractivity contribution is 0.476. The van der Waals surface area contributed by atoms with Crippen LogP contribution in [0.4, 0.5) is 0 Å². The molecule has 0 spiro atoms. The number of tetrazole rings is 1. The van der Waals surface area contributed by atoms with E-state index in [4.69, 9.17) is 0 Å². The predicted molar refractivity (Wildman–Crippen MR) is 79.9 cm³/mol. The summed E-state index contributed by atoms with van der Waals surface area (Å²) in [4.78, 5) is 6.58. The molecule has 0 radical (unpaired) electrons. The second kappa shape index (κ2) is 4.64. The van der Waals surface area contributed by atoms with Crippen LogP contribution in [0.25, 0.3) is 32.2 Å². The number of aromatic nitrogens is 5. The second-order valence-corrected chi connectivity index (χ2v) is 5.56. The van der Waals surface area contributed by atoms with Gasteiger partial charge in [0.25, 0.3) is 0 Å². The van der Waals surface area contributed by atoms with Crippen LogP contribution in [-0.2, 0) is 0 Å². The molecule has 0 aliphatic heterocycles. The molecule has 0 bridgehead atoms. The number of H-pyrrole nitrogens is 1. The largest absolute Gasteiger partial charge is 0.508 e. The van der Waals surface area contributed by atoms with Crippen molar-refractivity contribution in [1.29, 1.82) is 0 Å². The van der Waals surface area contributed by atoms with Gasteiger partial charge in [0.15, 0.2) is 0 Å². The van der Waals surface area contributed by atoms with Crippen LogP contribution in [-0.4, -0.2) is 30.7 Å². The SMILES string of the molecule is Oc1ccc2nc(-c3ccc(-c4nn[nH]n4)s3)ccc2c1. The number of thiophene rings is 1. The van der Waals surface area contributed by atoms with Gasteiger partial charge in [0.05, 0.1) is 21.0 Å². The van der Waals surface area contributed by atoms with Gasteiger partial charge in [-0.05, 0) is 41.6 Å². The smallest absolute Gasteiger partial charge is 0.214 e. The lowest BCUT2D eigenvalue weighted by atomic mass is 10.2. The zero-order chi connectivity index (χ0) is 14.2. The summed E-state index contributed by atoms with van der Waals surface area (Å²) in [6.07, 6.45) is 0. The Kier molecular flexibility index (Phi) is 2.65. The fraction of sp³-hybridized carbons (Fsp3) is 0. The third-order valence-corrected chi connectivity index (χ3v) is 4.20. The standard InChI is InChI=1S/C14H9N5OS/c20-9-2-4-10-8(7-9)1-3-11(15-10)12-5-6-13(21-12)14-16-18-19-17-14/h1-7,20H,(H,16,17,18,19). The van der Waals surface area contributed by atoms with Gasteiger partial charge >= 0.3 is 0 Å². The first-order valence-corrected chi connectivity index (χ1v) is 7.05. The minimum atomic E-state index is 0.243. The molecule has 3 aromatic heterocycles. The van der Waals surface area contributed by atoms with Crippen molar-refractivity contribution in [3.8, 4) is 27.0 Å². The Morgan fingerprint density at radius 2 is 1.90 bits per heavy atom. The molecule has 0 saturated carbocycles. The monoisotopic (exact) mass is 295 g/mol. The summed E-state index contributed by atoms with van der Waals surface area (Å²) in [6.45, 7) is 0. The Hall–Kier alpha value is -2.80. The number of aromatic hydroxyl groups is 1. The van der Waals surface area contributed by atoms with Gasteiger partial charge in [0, 0.05) is 5.39 Å². The van der Waals surface area contributed by atoms with Crippen LogP contribution in [0.15, 0.2) is 42.5 Å². The van der Waals surface area contributed by atoms with Crippen LogP contribution in [0, 0.1) is 0 Å². The van der Waals surface area contributed by atoms with Crippen molar-refractivity contribution in [2.24, 2.45) is 0 Å². The van der Waals surface area contributed by atoms with Crippen molar-refractivity contribution in [2.45, 2.75) is 0 Å². The van der Waals surface area contributed by atoms with E-state index in [-0.39, 0.29) is 5.75 Å². The van der Waals surface area contributed by atoms with E-state index >= 15 is 0 Å². The summed E-state index contributed by atoms with van der Waals surface area (Å²) in [6, 6.07) is 13.0. The van der Waals surface area contributed by atoms with Crippen molar-refractivity contribution in [1.82, 2.24) is 25.6 Å². The van der Waals surface area contributed by atoms with Crippen molar-refractivity contribution >= 4 is 22.2 Å². The summed E-state index contributed by atoms with van der Waals surface area (Å²) >= 11 is 1.56. The number of hydrogen-bond acceptors (Lipinski definition) is 6. The normalized spacial score (nSPS) is 11.0. The van der Waals surface area contributed by atoms with Crippen LogP contribution < -0.4 is 0 Å². The first-order valence-electron chi connectivity index (χ1n) is 6.23. The quantitative estimate of drug-likeness (QED) is 0.593. The van der Waals surface area contributed by atoms with Gasteiger partial charge in [-0.3, -0.25) is 0 Å². The van der Waals surface area contributed by atoms with Gasteiger partial charge in [-0.2, -0.15) is 5.21 Å². The summed E-state index contributed by atoms with van der Waals surface area (Å²) in [5.41, 5.74) is 1.73. The van der Waals surface area contributed by atoms with Gasteiger partial charge in [-0.15, -0.1) is 21.5 Å². The molecule has 0 saturated heterocycles. The molecule has 0 amide bonds. The molecule has 0 atom stereocenters. The molecule has 0 unspecified atom stereocenters. The third-order valence-electron chi connectivity index (χ3n) is 3.10. The summed E-state index contributed by atoms with van der Waals surface area (Å²) in [5, 5.41) is 24.3. The summed E-state index contributed by atoms with van der Waals surface area (Å²) in [7, 11) is 0. The second-order valence-electron chi connectivity index (χ2n) is 4.47. The maximum atomic E-state index is 9.48. The lowest BCUT2D eigenvalue weighted by Crippen LogP contribution is -1.82. The van der Waals surface area contributed by atoms with Crippen molar-refractivity contribution in [3.63, 3.8) is 0 Å². The lowest BCUT2D eigenvalue weighted by Gasteiger charge is -2.01. The predicted octanol–water partition coefficient (Wildman–Crippen LogP) is 2.85. The Bertz CT molecular complexity index is 916. The van der Waals surface area contributed by atoms with E-state index in [1.54, 1.807) is 23.5 Å². The maximum Gasteiger partial charge on any atom is 0.214 e. The van der Waals surface area contributed by atoms with Crippen LogP contribution in [0.5, 0.6) is 5.75 Å². The molecule has 6 nitrogen and oxygen atoms in total. The highest BCUT2D eigenvalue weighted by Gasteiger charge is 2.09. The van der Waals surface area contributed by atoms with E-state index in [1.807, 2.05) is 30.3 Å². The first kappa shape index (κ1) is 12.0. The number of hydrogen-bond donors (Lipinski definition) is 2. The van der Waals surface area contributed by atoms with E-state index in [9.17, 15) is 5.11 Å². The Morgan fingerprint density at radius 3 is 2.76 bits per heavy atom. The van der Waals surface area contributed by atoms with Crippen LogP contribution in [0.2, 0.25) is 0 Å². The molecule has 0 fully saturated rings. The molecule has 4 rings (SSSR count). The number of rotatable bonds is 2. The third kappa shape index (κ3) is 2.13. The highest BCUT2D eigenvalue weighted by atomic mass is 32.1. The van der Waals surface area contributed by atoms with Gasteiger partial charge in [0.1, 0.15) is 5.75 Å². The van der Waals surface area contributed by atoms with Gasteiger partial charge in [-0.1, -0.05) is 6.07 Å². The number of aromatic amines is 1. The van der Waals surface area contributed by atoms with Crippen molar-refractivity contribution in [3.05, 3.63) is 42.5 Å². The zero-order valence-corrected chi connectivity index (χ0v) is 11.5. The van der Waals surface area contributed by atoms with Gasteiger partial charge in [-0.25, -0.2) is 4.98 Å². The fourth-order valence-electron chi connectivity index (χ4n) is 2.11. The number of fused-ring (bicyclic) bond motifs is 1. The van der Waals surface area contributed by atoms with Crippen molar-refractivity contribution < 1.29 is 5.11 Å². The molecule has 2 N–H and O–H groups in total. The van der Waals surface area contributed by atoms with E-state index in [0.717, 1.165) is 26.4 Å². The minimum Gasteiger partial charge on any atom is -0.508 e. The molecule has 0 aliphatic carbocycles. The number of benzene rings is 1. The molecule has 1 aromatic carbocycles. The number of nitrogens with zero attached hydrogens (tertiary/aromatic N) is 4. The highest BCUT2D eigenvalue weighted by Crippen LogP contribution is 2.32. The van der Waals surface area contributed by atoms with Gasteiger partial charge < -0.3 is 5.11 Å². The average molecular weight is 295 g/mol. The number of phenols is 1. The molecule has 4 aromatic rings. The first-order chi connectivity index (χ1) is 10.3. The molecule has 0 aliphatic rings. The Labute approximate surface area is 123 Å². The molecule has 21 heavy (non-hydrogen) atoms. The topological polar surface area (TPSA) is 87.6 Å². The van der Waals surface area contributed by atoms with Crippen LogP contribution >= 0.6 is 11.3 Å². The number of phenolic OH excluding ortho intramolecular Hbond substituents is 1.